The van der Waals surface area contributed by atoms with Crippen LogP contribution in [-0.2, 0) is 0 Å². The summed E-state index contributed by atoms with van der Waals surface area (Å²) >= 11 is 0. The fourth-order valence-electron chi connectivity index (χ4n) is 1.52. The first-order valence-corrected chi connectivity index (χ1v) is 3.94. The molecular formula is C8H17N2O+. The van der Waals surface area contributed by atoms with E-state index in [9.17, 15) is 5.21 Å². The molecule has 64 valence electrons. The van der Waals surface area contributed by atoms with Crippen LogP contribution in [0, 0.1) is 0 Å². The van der Waals surface area contributed by atoms with Gasteiger partial charge in [0.1, 0.15) is 13.1 Å². The van der Waals surface area contributed by atoms with Crippen LogP contribution in [0.1, 0.15) is 27.7 Å². The molecule has 1 N–H and O–H groups in total. The molecule has 0 saturated carbocycles. The topological polar surface area (TPSA) is 26.5 Å². The lowest BCUT2D eigenvalue weighted by Crippen LogP contribution is -2.45. The summed E-state index contributed by atoms with van der Waals surface area (Å²) < 4.78 is 2.09. The molecule has 0 spiro atoms. The van der Waals surface area contributed by atoms with Gasteiger partial charge in [-0.1, -0.05) is 0 Å². The first-order chi connectivity index (χ1) is 4.89. The smallest absolute Gasteiger partial charge is 0.234 e. The van der Waals surface area contributed by atoms with Gasteiger partial charge in [0, 0.05) is 20.8 Å². The minimum Gasteiger partial charge on any atom is -0.307 e. The van der Waals surface area contributed by atoms with Crippen molar-refractivity contribution in [2.75, 3.05) is 7.05 Å². The van der Waals surface area contributed by atoms with Crippen molar-refractivity contribution in [3.05, 3.63) is 0 Å². The Bertz CT molecular complexity index is 208. The van der Waals surface area contributed by atoms with Crippen molar-refractivity contribution in [3.63, 3.8) is 0 Å². The maximum absolute atomic E-state index is 9.64. The van der Waals surface area contributed by atoms with Gasteiger partial charge in [0.05, 0.1) is 0 Å². The average molecular weight is 157 g/mol. The zero-order valence-corrected chi connectivity index (χ0v) is 7.92. The summed E-state index contributed by atoms with van der Waals surface area (Å²) in [5, 5.41) is 11.0. The van der Waals surface area contributed by atoms with Crippen molar-refractivity contribution < 1.29 is 9.78 Å². The van der Waals surface area contributed by atoms with Gasteiger partial charge in [-0.3, -0.25) is 0 Å². The Morgan fingerprint density at radius 2 is 2.00 bits per heavy atom. The lowest BCUT2D eigenvalue weighted by molar-refractivity contribution is -0.609. The number of hydroxylamine groups is 2. The summed E-state index contributed by atoms with van der Waals surface area (Å²) in [6.07, 6.45) is 0. The van der Waals surface area contributed by atoms with E-state index in [-0.39, 0.29) is 11.7 Å². The number of hydrogen-bond acceptors (Lipinski definition) is 2. The lowest BCUT2D eigenvalue weighted by atomic mass is 10.2. The highest BCUT2D eigenvalue weighted by Gasteiger charge is 2.47. The minimum atomic E-state index is -0.260. The van der Waals surface area contributed by atoms with Crippen LogP contribution >= 0.6 is 0 Å². The van der Waals surface area contributed by atoms with E-state index >= 15 is 0 Å². The van der Waals surface area contributed by atoms with E-state index in [0.717, 1.165) is 0 Å². The van der Waals surface area contributed by atoms with Crippen LogP contribution in [-0.4, -0.2) is 39.3 Å². The van der Waals surface area contributed by atoms with Gasteiger partial charge in [0.15, 0.2) is 5.71 Å². The van der Waals surface area contributed by atoms with Crippen LogP contribution in [0.25, 0.3) is 0 Å². The van der Waals surface area contributed by atoms with Gasteiger partial charge in [-0.2, -0.15) is 0 Å². The van der Waals surface area contributed by atoms with Crippen LogP contribution in [0.3, 0.4) is 0 Å². The van der Waals surface area contributed by atoms with Crippen molar-refractivity contribution in [1.29, 1.82) is 0 Å². The second kappa shape index (κ2) is 2.29. The molecule has 3 heteroatoms. The molecule has 1 rings (SSSR count). The third kappa shape index (κ3) is 0.993. The molecule has 11 heavy (non-hydrogen) atoms. The molecule has 0 aromatic carbocycles. The first kappa shape index (κ1) is 8.68. The van der Waals surface area contributed by atoms with E-state index in [0.29, 0.717) is 0 Å². The largest absolute Gasteiger partial charge is 0.307 e. The summed E-state index contributed by atoms with van der Waals surface area (Å²) in [7, 11) is 2.00. The molecule has 0 fully saturated rings. The van der Waals surface area contributed by atoms with Gasteiger partial charge in [0.25, 0.3) is 0 Å². The molecule has 1 aliphatic heterocycles. The minimum absolute atomic E-state index is 0.134. The number of rotatable bonds is 0. The summed E-state index contributed by atoms with van der Waals surface area (Å²) in [5.41, 5.74) is 0.946. The molecule has 0 aliphatic carbocycles. The molecule has 0 aromatic rings. The second-order valence-electron chi connectivity index (χ2n) is 3.72. The average Bonchev–Trinajstić information content (AvgIpc) is 2.06. The van der Waals surface area contributed by atoms with Crippen LogP contribution in [0.15, 0.2) is 0 Å². The highest BCUT2D eigenvalue weighted by atomic mass is 16.5. The Morgan fingerprint density at radius 1 is 1.55 bits per heavy atom. The number of nitrogens with zero attached hydrogens (tertiary/aromatic N) is 2. The Morgan fingerprint density at radius 3 is 2.09 bits per heavy atom. The molecule has 3 nitrogen and oxygen atoms in total. The predicted molar refractivity (Wildman–Crippen MR) is 44.0 cm³/mol. The molecule has 1 atom stereocenters. The molecule has 1 aliphatic rings. The van der Waals surface area contributed by atoms with E-state index in [2.05, 4.69) is 4.58 Å². The lowest BCUT2D eigenvalue weighted by Gasteiger charge is -2.23. The molecule has 0 radical (unpaired) electrons. The molecule has 0 amide bonds. The quantitative estimate of drug-likeness (QED) is 0.529. The van der Waals surface area contributed by atoms with Crippen LogP contribution in [0.2, 0.25) is 0 Å². The van der Waals surface area contributed by atoms with Crippen LogP contribution in [0.4, 0.5) is 0 Å². The predicted octanol–water partition coefficient (Wildman–Crippen LogP) is 0.919. The van der Waals surface area contributed by atoms with Crippen molar-refractivity contribution in [1.82, 2.24) is 5.06 Å². The zero-order valence-electron chi connectivity index (χ0n) is 7.92. The number of hydrogen-bond donors (Lipinski definition) is 1. The molecular weight excluding hydrogens is 140 g/mol. The van der Waals surface area contributed by atoms with E-state index in [4.69, 9.17) is 0 Å². The molecule has 1 heterocycles. The van der Waals surface area contributed by atoms with Gasteiger partial charge in [-0.05, 0) is 6.92 Å². The maximum Gasteiger partial charge on any atom is 0.234 e. The fraction of sp³-hybridized carbons (Fsp3) is 0.875. The van der Waals surface area contributed by atoms with Crippen LogP contribution in [0.5, 0.6) is 0 Å². The van der Waals surface area contributed by atoms with E-state index in [1.54, 1.807) is 0 Å². The van der Waals surface area contributed by atoms with E-state index in [1.807, 2.05) is 34.7 Å². The molecule has 0 bridgehead atoms. The Labute approximate surface area is 67.9 Å². The monoisotopic (exact) mass is 157 g/mol. The van der Waals surface area contributed by atoms with Gasteiger partial charge in [-0.25, -0.2) is 4.58 Å². The van der Waals surface area contributed by atoms with E-state index in [1.165, 1.54) is 10.8 Å². The van der Waals surface area contributed by atoms with Gasteiger partial charge in [-0.15, -0.1) is 5.06 Å². The highest BCUT2D eigenvalue weighted by Crippen LogP contribution is 2.22. The normalized spacial score (nSPS) is 31.6. The Balaban J connectivity index is 3.06. The van der Waals surface area contributed by atoms with Crippen molar-refractivity contribution >= 4 is 5.71 Å². The van der Waals surface area contributed by atoms with Gasteiger partial charge in [0.2, 0.25) is 5.66 Å². The summed E-state index contributed by atoms with van der Waals surface area (Å²) in [6, 6.07) is 0.134. The van der Waals surface area contributed by atoms with Gasteiger partial charge < -0.3 is 5.21 Å². The van der Waals surface area contributed by atoms with Crippen LogP contribution < -0.4 is 0 Å². The third-order valence-corrected chi connectivity index (χ3v) is 2.88. The third-order valence-electron chi connectivity index (χ3n) is 2.88. The summed E-state index contributed by atoms with van der Waals surface area (Å²) in [5.74, 6) is 0. The Kier molecular flexibility index (Phi) is 1.81. The molecule has 0 saturated heterocycles. The maximum atomic E-state index is 9.64. The van der Waals surface area contributed by atoms with Crippen molar-refractivity contribution in [2.24, 2.45) is 0 Å². The fourth-order valence-corrected chi connectivity index (χ4v) is 1.52. The zero-order chi connectivity index (χ0) is 8.81. The van der Waals surface area contributed by atoms with E-state index < -0.39 is 0 Å². The molecule has 1 unspecified atom stereocenters. The second-order valence-corrected chi connectivity index (χ2v) is 3.72. The highest BCUT2D eigenvalue weighted by molar-refractivity contribution is 5.83. The standard InChI is InChI=1S/C8H17N2O/c1-6-7(2)10(11)8(3,4)9(6)5/h7,11H,1-5H3/q+1. The SMILES string of the molecule is CC1=[N+](C)C(C)(C)N(O)C1C. The van der Waals surface area contributed by atoms with Gasteiger partial charge >= 0.3 is 0 Å². The summed E-state index contributed by atoms with van der Waals surface area (Å²) in [6.45, 7) is 8.04. The summed E-state index contributed by atoms with van der Waals surface area (Å²) in [4.78, 5) is 0. The Hall–Kier alpha value is -0.410. The van der Waals surface area contributed by atoms with Crippen molar-refractivity contribution in [3.8, 4) is 0 Å². The molecule has 0 aromatic heterocycles. The first-order valence-electron chi connectivity index (χ1n) is 3.94. The van der Waals surface area contributed by atoms with Crippen molar-refractivity contribution in [2.45, 2.75) is 39.4 Å².